The summed E-state index contributed by atoms with van der Waals surface area (Å²) in [7, 11) is 5.66. The van der Waals surface area contributed by atoms with E-state index in [2.05, 4.69) is 24.8 Å². The van der Waals surface area contributed by atoms with Crippen LogP contribution < -0.4 is 4.74 Å². The standard InChI is InChI=1S/C15H23NO2/c1-10-7-11(2)15(14(8-10)18-6)13(16(4)5)9-12(3)17/h7-8,13H,9H2,1-6H3. The molecule has 3 nitrogen and oxygen atoms in total. The van der Waals surface area contributed by atoms with E-state index in [0.717, 1.165) is 11.3 Å². The van der Waals surface area contributed by atoms with Gasteiger partial charge in [-0.25, -0.2) is 0 Å². The molecule has 1 aromatic rings. The molecule has 0 aliphatic carbocycles. The van der Waals surface area contributed by atoms with Crippen molar-refractivity contribution >= 4 is 5.78 Å². The zero-order valence-electron chi connectivity index (χ0n) is 12.2. The lowest BCUT2D eigenvalue weighted by molar-refractivity contribution is -0.118. The fourth-order valence-corrected chi connectivity index (χ4v) is 2.35. The number of aryl methyl sites for hydroxylation is 2. The first-order chi connectivity index (χ1) is 8.36. The van der Waals surface area contributed by atoms with Gasteiger partial charge in [-0.15, -0.1) is 0 Å². The lowest BCUT2D eigenvalue weighted by Gasteiger charge is -2.27. The van der Waals surface area contributed by atoms with Crippen molar-refractivity contribution in [2.45, 2.75) is 33.2 Å². The maximum absolute atomic E-state index is 11.4. The van der Waals surface area contributed by atoms with Crippen LogP contribution in [0.25, 0.3) is 0 Å². The number of nitrogens with zero attached hydrogens (tertiary/aromatic N) is 1. The molecule has 0 heterocycles. The van der Waals surface area contributed by atoms with Crippen molar-refractivity contribution in [3.8, 4) is 5.75 Å². The molecule has 0 radical (unpaired) electrons. The molecule has 0 saturated heterocycles. The Morgan fingerprint density at radius 1 is 1.33 bits per heavy atom. The number of ketones is 1. The van der Waals surface area contributed by atoms with Crippen LogP contribution in [-0.2, 0) is 4.79 Å². The summed E-state index contributed by atoms with van der Waals surface area (Å²) < 4.78 is 5.48. The molecule has 0 fully saturated rings. The minimum Gasteiger partial charge on any atom is -0.496 e. The Kier molecular flexibility index (Phi) is 4.91. The molecule has 1 unspecified atom stereocenters. The summed E-state index contributed by atoms with van der Waals surface area (Å²) >= 11 is 0. The minimum absolute atomic E-state index is 0.0676. The predicted octanol–water partition coefficient (Wildman–Crippen LogP) is 2.89. The molecule has 0 aromatic heterocycles. The smallest absolute Gasteiger partial charge is 0.131 e. The van der Waals surface area contributed by atoms with Crippen LogP contribution in [0.4, 0.5) is 0 Å². The zero-order valence-corrected chi connectivity index (χ0v) is 12.2. The third kappa shape index (κ3) is 3.33. The molecule has 0 spiro atoms. The van der Waals surface area contributed by atoms with E-state index in [1.54, 1.807) is 14.0 Å². The maximum Gasteiger partial charge on any atom is 0.131 e. The monoisotopic (exact) mass is 249 g/mol. The molecule has 0 aliphatic rings. The van der Waals surface area contributed by atoms with Gasteiger partial charge in [0.1, 0.15) is 11.5 Å². The van der Waals surface area contributed by atoms with Gasteiger partial charge in [-0.3, -0.25) is 4.79 Å². The van der Waals surface area contributed by atoms with Gasteiger partial charge in [-0.2, -0.15) is 0 Å². The first-order valence-electron chi connectivity index (χ1n) is 6.17. The van der Waals surface area contributed by atoms with Gasteiger partial charge in [0.25, 0.3) is 0 Å². The number of ether oxygens (including phenoxy) is 1. The average Bonchev–Trinajstić information content (AvgIpc) is 2.25. The van der Waals surface area contributed by atoms with E-state index in [4.69, 9.17) is 4.74 Å². The first-order valence-corrected chi connectivity index (χ1v) is 6.17. The van der Waals surface area contributed by atoms with Crippen LogP contribution in [0, 0.1) is 13.8 Å². The summed E-state index contributed by atoms with van der Waals surface area (Å²) in [6, 6.07) is 4.23. The number of Topliss-reactive ketones (excluding diaryl/α,β-unsaturated/α-hetero) is 1. The van der Waals surface area contributed by atoms with Gasteiger partial charge < -0.3 is 9.64 Å². The largest absolute Gasteiger partial charge is 0.496 e. The van der Waals surface area contributed by atoms with Gasteiger partial charge in [0.2, 0.25) is 0 Å². The summed E-state index contributed by atoms with van der Waals surface area (Å²) in [5, 5.41) is 0. The van der Waals surface area contributed by atoms with Crippen molar-refractivity contribution in [1.29, 1.82) is 0 Å². The quantitative estimate of drug-likeness (QED) is 0.803. The average molecular weight is 249 g/mol. The van der Waals surface area contributed by atoms with Crippen molar-refractivity contribution in [3.05, 3.63) is 28.8 Å². The SMILES string of the molecule is COc1cc(C)cc(C)c1C(CC(C)=O)N(C)C. The van der Waals surface area contributed by atoms with E-state index in [0.29, 0.717) is 6.42 Å². The number of methoxy groups -OCH3 is 1. The molecule has 0 bridgehead atoms. The van der Waals surface area contributed by atoms with Crippen LogP contribution in [0.5, 0.6) is 5.75 Å². The Morgan fingerprint density at radius 3 is 2.39 bits per heavy atom. The molecule has 0 aliphatic heterocycles. The molecular weight excluding hydrogens is 226 g/mol. The fraction of sp³-hybridized carbons (Fsp3) is 0.533. The highest BCUT2D eigenvalue weighted by atomic mass is 16.5. The Labute approximate surface area is 110 Å². The van der Waals surface area contributed by atoms with Crippen molar-refractivity contribution in [2.24, 2.45) is 0 Å². The molecule has 1 aromatic carbocycles. The molecule has 0 saturated carbocycles. The highest BCUT2D eigenvalue weighted by Crippen LogP contribution is 2.34. The highest BCUT2D eigenvalue weighted by molar-refractivity contribution is 5.76. The summed E-state index contributed by atoms with van der Waals surface area (Å²) in [5.41, 5.74) is 3.46. The normalized spacial score (nSPS) is 12.6. The zero-order chi connectivity index (χ0) is 13.9. The molecule has 3 heteroatoms. The second-order valence-electron chi connectivity index (χ2n) is 5.08. The van der Waals surface area contributed by atoms with Gasteiger partial charge in [0.05, 0.1) is 7.11 Å². The van der Waals surface area contributed by atoms with Crippen LogP contribution in [-0.4, -0.2) is 31.9 Å². The van der Waals surface area contributed by atoms with Crippen LogP contribution in [0.2, 0.25) is 0 Å². The maximum atomic E-state index is 11.4. The summed E-state index contributed by atoms with van der Waals surface area (Å²) in [6.07, 6.45) is 0.507. The van der Waals surface area contributed by atoms with E-state index in [-0.39, 0.29) is 11.8 Å². The lowest BCUT2D eigenvalue weighted by atomic mass is 9.94. The third-order valence-corrected chi connectivity index (χ3v) is 3.15. The molecule has 0 amide bonds. The van der Waals surface area contributed by atoms with Crippen LogP contribution in [0.15, 0.2) is 12.1 Å². The van der Waals surface area contributed by atoms with Gasteiger partial charge in [-0.05, 0) is 52.1 Å². The van der Waals surface area contributed by atoms with Gasteiger partial charge in [-0.1, -0.05) is 6.07 Å². The molecule has 1 atom stereocenters. The fourth-order valence-electron chi connectivity index (χ4n) is 2.35. The van der Waals surface area contributed by atoms with Gasteiger partial charge in [0, 0.05) is 18.0 Å². The minimum atomic E-state index is 0.0676. The number of carbonyl (C=O) groups excluding carboxylic acids is 1. The van der Waals surface area contributed by atoms with Crippen LogP contribution in [0.3, 0.4) is 0 Å². The molecule has 100 valence electrons. The number of benzene rings is 1. The summed E-state index contributed by atoms with van der Waals surface area (Å²) in [4.78, 5) is 13.5. The van der Waals surface area contributed by atoms with Gasteiger partial charge >= 0.3 is 0 Å². The molecule has 0 N–H and O–H groups in total. The van der Waals surface area contributed by atoms with E-state index >= 15 is 0 Å². The summed E-state index contributed by atoms with van der Waals surface area (Å²) in [6.45, 7) is 5.75. The molecular formula is C15H23NO2. The Bertz CT molecular complexity index is 438. The van der Waals surface area contributed by atoms with Crippen molar-refractivity contribution < 1.29 is 9.53 Å². The van der Waals surface area contributed by atoms with E-state index in [1.165, 1.54) is 11.1 Å². The molecule has 18 heavy (non-hydrogen) atoms. The van der Waals surface area contributed by atoms with Crippen molar-refractivity contribution in [1.82, 2.24) is 4.90 Å². The third-order valence-electron chi connectivity index (χ3n) is 3.15. The lowest BCUT2D eigenvalue weighted by Crippen LogP contribution is -2.23. The van der Waals surface area contributed by atoms with Crippen LogP contribution >= 0.6 is 0 Å². The number of carbonyl (C=O) groups is 1. The number of hydrogen-bond donors (Lipinski definition) is 0. The van der Waals surface area contributed by atoms with Crippen LogP contribution in [0.1, 0.15) is 36.1 Å². The number of rotatable bonds is 5. The second kappa shape index (κ2) is 6.01. The number of hydrogen-bond acceptors (Lipinski definition) is 3. The van der Waals surface area contributed by atoms with E-state index in [1.807, 2.05) is 20.2 Å². The van der Waals surface area contributed by atoms with Crippen molar-refractivity contribution in [2.75, 3.05) is 21.2 Å². The summed E-state index contributed by atoms with van der Waals surface area (Å²) in [5.74, 6) is 1.06. The van der Waals surface area contributed by atoms with E-state index in [9.17, 15) is 4.79 Å². The second-order valence-corrected chi connectivity index (χ2v) is 5.08. The Balaban J connectivity index is 3.30. The van der Waals surface area contributed by atoms with E-state index < -0.39 is 0 Å². The van der Waals surface area contributed by atoms with Crippen molar-refractivity contribution in [3.63, 3.8) is 0 Å². The highest BCUT2D eigenvalue weighted by Gasteiger charge is 2.22. The topological polar surface area (TPSA) is 29.5 Å². The first kappa shape index (κ1) is 14.7. The predicted molar refractivity (Wildman–Crippen MR) is 74.2 cm³/mol. The Hall–Kier alpha value is -1.35. The molecule has 1 rings (SSSR count). The van der Waals surface area contributed by atoms with Gasteiger partial charge in [0.15, 0.2) is 0 Å². The Morgan fingerprint density at radius 2 is 1.94 bits per heavy atom.